The molecule has 1 fully saturated rings. The standard InChI is InChI=1S/C15H11Cl2N3O5/c1-6(21)20-12-10(11(18-20)15(24)25-2)13(22)19(14(12)23)7-3-4-8(16)9(17)5-7/h3-5,12,18H,1-2H3/t12-/m1/s1. The minimum absolute atomic E-state index is 0.153. The van der Waals surface area contributed by atoms with Crippen molar-refractivity contribution in [1.29, 1.82) is 0 Å². The second-order valence-electron chi connectivity index (χ2n) is 5.26. The molecule has 3 rings (SSSR count). The molecule has 25 heavy (non-hydrogen) atoms. The predicted octanol–water partition coefficient (Wildman–Crippen LogP) is 1.03. The van der Waals surface area contributed by atoms with Crippen LogP contribution >= 0.6 is 23.2 Å². The number of nitrogens with one attached hydrogen (secondary N) is 1. The van der Waals surface area contributed by atoms with Gasteiger partial charge in [-0.15, -0.1) is 0 Å². The van der Waals surface area contributed by atoms with Gasteiger partial charge in [0.05, 0.1) is 28.4 Å². The molecule has 0 saturated carbocycles. The summed E-state index contributed by atoms with van der Waals surface area (Å²) >= 11 is 11.8. The van der Waals surface area contributed by atoms with Crippen molar-refractivity contribution in [1.82, 2.24) is 10.4 Å². The topological polar surface area (TPSA) is 96.0 Å². The number of esters is 1. The van der Waals surface area contributed by atoms with Gasteiger partial charge in [-0.1, -0.05) is 23.2 Å². The van der Waals surface area contributed by atoms with Crippen LogP contribution in [0.25, 0.3) is 0 Å². The molecule has 3 amide bonds. The van der Waals surface area contributed by atoms with Crippen LogP contribution in [0.2, 0.25) is 10.0 Å². The highest BCUT2D eigenvalue weighted by Crippen LogP contribution is 2.36. The van der Waals surface area contributed by atoms with E-state index in [1.54, 1.807) is 0 Å². The number of anilines is 1. The Kier molecular flexibility index (Phi) is 4.18. The Morgan fingerprint density at radius 1 is 1.20 bits per heavy atom. The maximum atomic E-state index is 12.8. The van der Waals surface area contributed by atoms with Crippen molar-refractivity contribution in [3.63, 3.8) is 0 Å². The lowest BCUT2D eigenvalue weighted by Gasteiger charge is -2.23. The van der Waals surface area contributed by atoms with Crippen LogP contribution in [-0.4, -0.2) is 41.9 Å². The van der Waals surface area contributed by atoms with Crippen LogP contribution in [-0.2, 0) is 23.9 Å². The number of benzene rings is 1. The number of hydrazine groups is 1. The summed E-state index contributed by atoms with van der Waals surface area (Å²) in [5.41, 5.74) is 2.25. The first kappa shape index (κ1) is 17.2. The average molecular weight is 384 g/mol. The van der Waals surface area contributed by atoms with E-state index >= 15 is 0 Å². The SMILES string of the molecule is COC(=O)C1=C2C(=O)N(c3ccc(Cl)c(Cl)c3)C(=O)[C@@H]2N(C(C)=O)N1. The molecule has 1 aromatic rings. The zero-order valence-electron chi connectivity index (χ0n) is 13.0. The number of carbonyl (C=O) groups excluding carboxylic acids is 4. The number of imide groups is 1. The molecule has 0 spiro atoms. The maximum Gasteiger partial charge on any atom is 0.356 e. The molecule has 130 valence electrons. The van der Waals surface area contributed by atoms with Gasteiger partial charge in [-0.2, -0.15) is 0 Å². The molecule has 8 nitrogen and oxygen atoms in total. The molecular formula is C15H11Cl2N3O5. The second kappa shape index (κ2) is 6.05. The van der Waals surface area contributed by atoms with Crippen molar-refractivity contribution in [2.45, 2.75) is 13.0 Å². The van der Waals surface area contributed by atoms with Gasteiger partial charge in [0.15, 0.2) is 11.7 Å². The average Bonchev–Trinajstić information content (AvgIpc) is 3.08. The van der Waals surface area contributed by atoms with Crippen LogP contribution < -0.4 is 10.3 Å². The number of halogens is 2. The van der Waals surface area contributed by atoms with Gasteiger partial charge in [0.1, 0.15) is 0 Å². The summed E-state index contributed by atoms with van der Waals surface area (Å²) in [5, 5.41) is 1.33. The molecule has 0 unspecified atom stereocenters. The van der Waals surface area contributed by atoms with Crippen LogP contribution in [0.4, 0.5) is 5.69 Å². The second-order valence-corrected chi connectivity index (χ2v) is 6.08. The molecule has 0 bridgehead atoms. The van der Waals surface area contributed by atoms with E-state index < -0.39 is 29.7 Å². The lowest BCUT2D eigenvalue weighted by Crippen LogP contribution is -2.48. The van der Waals surface area contributed by atoms with Crippen molar-refractivity contribution in [2.75, 3.05) is 12.0 Å². The highest BCUT2D eigenvalue weighted by molar-refractivity contribution is 6.42. The molecule has 0 aromatic heterocycles. The summed E-state index contributed by atoms with van der Waals surface area (Å²) in [5.74, 6) is -2.84. The van der Waals surface area contributed by atoms with Crippen LogP contribution in [0.5, 0.6) is 0 Å². The Hall–Kier alpha value is -2.58. The van der Waals surface area contributed by atoms with Gasteiger partial charge in [0, 0.05) is 6.92 Å². The summed E-state index contributed by atoms with van der Waals surface area (Å²) < 4.78 is 4.61. The molecule has 1 saturated heterocycles. The van der Waals surface area contributed by atoms with Crippen LogP contribution in [0.1, 0.15) is 6.92 Å². The highest BCUT2D eigenvalue weighted by Gasteiger charge is 2.55. The van der Waals surface area contributed by atoms with E-state index in [2.05, 4.69) is 10.2 Å². The number of fused-ring (bicyclic) bond motifs is 1. The summed E-state index contributed by atoms with van der Waals surface area (Å²) in [6.45, 7) is 1.20. The number of ether oxygens (including phenoxy) is 1. The Morgan fingerprint density at radius 2 is 1.88 bits per heavy atom. The van der Waals surface area contributed by atoms with E-state index in [4.69, 9.17) is 23.2 Å². The third-order valence-electron chi connectivity index (χ3n) is 3.81. The first-order chi connectivity index (χ1) is 11.8. The molecule has 2 aliphatic heterocycles. The Bertz CT molecular complexity index is 867. The fourth-order valence-corrected chi connectivity index (χ4v) is 2.99. The van der Waals surface area contributed by atoms with Crippen molar-refractivity contribution >= 4 is 52.6 Å². The summed E-state index contributed by atoms with van der Waals surface area (Å²) in [7, 11) is 1.13. The number of rotatable bonds is 2. The summed E-state index contributed by atoms with van der Waals surface area (Å²) in [6, 6.07) is 2.97. The number of hydrogen-bond donors (Lipinski definition) is 1. The Balaban J connectivity index is 2.12. The number of hydrogen-bond acceptors (Lipinski definition) is 6. The molecule has 1 atom stereocenters. The maximum absolute atomic E-state index is 12.8. The van der Waals surface area contributed by atoms with E-state index in [0.29, 0.717) is 0 Å². The predicted molar refractivity (Wildman–Crippen MR) is 87.4 cm³/mol. The molecule has 1 aromatic carbocycles. The van der Waals surface area contributed by atoms with Gasteiger partial charge in [-0.3, -0.25) is 19.8 Å². The monoisotopic (exact) mass is 383 g/mol. The molecule has 2 heterocycles. The molecular weight excluding hydrogens is 373 g/mol. The lowest BCUT2D eigenvalue weighted by molar-refractivity contribution is -0.140. The fraction of sp³-hybridized carbons (Fsp3) is 0.200. The van der Waals surface area contributed by atoms with Crippen molar-refractivity contribution in [3.05, 3.63) is 39.5 Å². The third-order valence-corrected chi connectivity index (χ3v) is 4.55. The Labute approximate surface area is 151 Å². The quantitative estimate of drug-likeness (QED) is 0.605. The van der Waals surface area contributed by atoms with Gasteiger partial charge in [0.25, 0.3) is 11.8 Å². The largest absolute Gasteiger partial charge is 0.464 e. The zero-order chi connectivity index (χ0) is 18.5. The first-order valence-corrected chi connectivity index (χ1v) is 7.75. The number of amides is 3. The fourth-order valence-electron chi connectivity index (χ4n) is 2.70. The normalized spacial score (nSPS) is 19.3. The van der Waals surface area contributed by atoms with Crippen LogP contribution in [0, 0.1) is 0 Å². The third kappa shape index (κ3) is 2.54. The number of nitrogens with zero attached hydrogens (tertiary/aromatic N) is 2. The van der Waals surface area contributed by atoms with Gasteiger partial charge in [0.2, 0.25) is 5.91 Å². The van der Waals surface area contributed by atoms with E-state index in [0.717, 1.165) is 17.0 Å². The number of carbonyl (C=O) groups is 4. The smallest absolute Gasteiger partial charge is 0.356 e. The van der Waals surface area contributed by atoms with E-state index in [1.165, 1.54) is 25.1 Å². The lowest BCUT2D eigenvalue weighted by atomic mass is 10.1. The van der Waals surface area contributed by atoms with Crippen molar-refractivity contribution in [2.24, 2.45) is 0 Å². The zero-order valence-corrected chi connectivity index (χ0v) is 14.5. The van der Waals surface area contributed by atoms with E-state index in [9.17, 15) is 19.2 Å². The first-order valence-electron chi connectivity index (χ1n) is 7.00. The van der Waals surface area contributed by atoms with Gasteiger partial charge in [-0.05, 0) is 18.2 Å². The number of methoxy groups -OCH3 is 1. The molecule has 10 heteroatoms. The Morgan fingerprint density at radius 3 is 2.44 bits per heavy atom. The van der Waals surface area contributed by atoms with Gasteiger partial charge < -0.3 is 4.74 Å². The minimum Gasteiger partial charge on any atom is -0.464 e. The van der Waals surface area contributed by atoms with Crippen LogP contribution in [0.3, 0.4) is 0 Å². The van der Waals surface area contributed by atoms with Gasteiger partial charge >= 0.3 is 5.97 Å². The van der Waals surface area contributed by atoms with Gasteiger partial charge in [-0.25, -0.2) is 14.7 Å². The van der Waals surface area contributed by atoms with E-state index in [-0.39, 0.29) is 27.0 Å². The van der Waals surface area contributed by atoms with E-state index in [1.807, 2.05) is 0 Å². The molecule has 1 N–H and O–H groups in total. The summed E-state index contributed by atoms with van der Waals surface area (Å²) in [4.78, 5) is 50.1. The molecule has 0 aliphatic carbocycles. The minimum atomic E-state index is -1.26. The van der Waals surface area contributed by atoms with Crippen molar-refractivity contribution < 1.29 is 23.9 Å². The molecule has 0 radical (unpaired) electrons. The van der Waals surface area contributed by atoms with Crippen molar-refractivity contribution in [3.8, 4) is 0 Å². The highest BCUT2D eigenvalue weighted by atomic mass is 35.5. The summed E-state index contributed by atoms with van der Waals surface area (Å²) in [6.07, 6.45) is 0. The molecule has 2 aliphatic rings. The van der Waals surface area contributed by atoms with Crippen LogP contribution in [0.15, 0.2) is 29.5 Å².